The largest absolute Gasteiger partial charge is 0.396 e. The van der Waals surface area contributed by atoms with Crippen LogP contribution >= 0.6 is 0 Å². The highest BCUT2D eigenvalue weighted by Crippen LogP contribution is 2.20. The van der Waals surface area contributed by atoms with Gasteiger partial charge in [-0.25, -0.2) is 0 Å². The van der Waals surface area contributed by atoms with Gasteiger partial charge in [-0.1, -0.05) is 83.5 Å². The van der Waals surface area contributed by atoms with Crippen LogP contribution in [0.5, 0.6) is 0 Å². The Balaban J connectivity index is 2.99. The van der Waals surface area contributed by atoms with Crippen LogP contribution in [0, 0.1) is 0 Å². The third-order valence-electron chi connectivity index (χ3n) is 3.77. The Morgan fingerprint density at radius 2 is 0.800 bits per heavy atom. The quantitative estimate of drug-likeness (QED) is 0.352. The normalized spacial score (nSPS) is 11.8. The van der Waals surface area contributed by atoms with Crippen molar-refractivity contribution in [1.82, 2.24) is 0 Å². The fraction of sp³-hybridized carbons (Fsp3) is 1.00. The molecular formula is C16H31B3O. The first-order chi connectivity index (χ1) is 9.56. The van der Waals surface area contributed by atoms with Crippen molar-refractivity contribution in [1.29, 1.82) is 0 Å². The maximum absolute atomic E-state index is 8.66. The molecule has 0 aliphatic carbocycles. The molecule has 6 radical (unpaired) electrons. The summed E-state index contributed by atoms with van der Waals surface area (Å²) in [4.78, 5) is 0. The Kier molecular flexibility index (Phi) is 14.2. The molecule has 0 aliphatic heterocycles. The number of hydrogen-bond donors (Lipinski definition) is 1. The van der Waals surface area contributed by atoms with E-state index in [1.165, 1.54) is 70.6 Å². The molecule has 0 unspecified atom stereocenters. The summed E-state index contributed by atoms with van der Waals surface area (Å²) < 4.78 is 0. The first kappa shape index (κ1) is 20.2. The van der Waals surface area contributed by atoms with Crippen molar-refractivity contribution in [2.24, 2.45) is 0 Å². The predicted molar refractivity (Wildman–Crippen MR) is 91.7 cm³/mol. The first-order valence-corrected chi connectivity index (χ1v) is 8.54. The summed E-state index contributed by atoms with van der Waals surface area (Å²) in [5, 5.41) is 7.69. The van der Waals surface area contributed by atoms with Crippen LogP contribution in [-0.4, -0.2) is 35.3 Å². The van der Waals surface area contributed by atoms with Gasteiger partial charge in [0.2, 0.25) is 0 Å². The summed E-state index contributed by atoms with van der Waals surface area (Å²) >= 11 is 0. The van der Waals surface area contributed by atoms with Gasteiger partial charge in [0.1, 0.15) is 0 Å². The van der Waals surface area contributed by atoms with E-state index in [2.05, 4.69) is 0 Å². The summed E-state index contributed by atoms with van der Waals surface area (Å²) in [6.45, 7) is 0.350. The molecule has 1 nitrogen and oxygen atoms in total. The zero-order chi connectivity index (χ0) is 15.1. The van der Waals surface area contributed by atoms with E-state index in [1.807, 2.05) is 0 Å². The molecule has 0 fully saturated rings. The molecular weight excluding hydrogens is 241 g/mol. The van der Waals surface area contributed by atoms with E-state index in [1.54, 1.807) is 0 Å². The Morgan fingerprint density at radius 3 is 1.10 bits per heavy atom. The highest BCUT2D eigenvalue weighted by molar-refractivity contribution is 6.58. The van der Waals surface area contributed by atoms with Crippen LogP contribution in [0.25, 0.3) is 0 Å². The molecule has 0 atom stereocenters. The smallest absolute Gasteiger partial charge is 0.0507 e. The van der Waals surface area contributed by atoms with Crippen molar-refractivity contribution >= 4 is 23.5 Å². The summed E-state index contributed by atoms with van der Waals surface area (Å²) in [5.41, 5.74) is 0. The zero-order valence-electron chi connectivity index (χ0n) is 13.3. The fourth-order valence-corrected chi connectivity index (χ4v) is 2.49. The van der Waals surface area contributed by atoms with Gasteiger partial charge in [0, 0.05) is 6.61 Å². The topological polar surface area (TPSA) is 20.2 Å². The molecule has 20 heavy (non-hydrogen) atoms. The first-order valence-electron chi connectivity index (χ1n) is 8.54. The average Bonchev–Trinajstić information content (AvgIpc) is 2.38. The lowest BCUT2D eigenvalue weighted by Crippen LogP contribution is -2.12. The maximum atomic E-state index is 8.66. The van der Waals surface area contributed by atoms with Gasteiger partial charge in [0.15, 0.2) is 0 Å². The van der Waals surface area contributed by atoms with E-state index in [9.17, 15) is 0 Å². The van der Waals surface area contributed by atoms with Gasteiger partial charge >= 0.3 is 0 Å². The Morgan fingerprint density at radius 1 is 0.500 bits per heavy atom. The molecule has 0 saturated heterocycles. The molecule has 0 aromatic carbocycles. The zero-order valence-corrected chi connectivity index (χ0v) is 13.3. The third-order valence-corrected chi connectivity index (χ3v) is 3.77. The molecule has 0 aromatic heterocycles. The van der Waals surface area contributed by atoms with Crippen molar-refractivity contribution in [3.8, 4) is 0 Å². The van der Waals surface area contributed by atoms with Gasteiger partial charge in [0.25, 0.3) is 0 Å². The molecule has 4 heteroatoms. The number of aliphatic hydroxyl groups excluding tert-OH is 1. The third kappa shape index (κ3) is 18.2. The van der Waals surface area contributed by atoms with Crippen LogP contribution in [0.2, 0.25) is 5.11 Å². The van der Waals surface area contributed by atoms with Gasteiger partial charge in [-0.15, -0.1) is 5.11 Å². The van der Waals surface area contributed by atoms with Gasteiger partial charge in [-0.05, 0) is 6.42 Å². The lowest BCUT2D eigenvalue weighted by Gasteiger charge is -2.18. The Hall–Kier alpha value is 0.155. The van der Waals surface area contributed by atoms with Crippen molar-refractivity contribution in [2.45, 2.75) is 95.0 Å². The van der Waals surface area contributed by atoms with E-state index in [4.69, 9.17) is 28.6 Å². The van der Waals surface area contributed by atoms with Crippen molar-refractivity contribution < 1.29 is 5.11 Å². The van der Waals surface area contributed by atoms with E-state index in [0.29, 0.717) is 13.0 Å². The summed E-state index contributed by atoms with van der Waals surface area (Å²) in [5.74, 6) is 0. The highest BCUT2D eigenvalue weighted by Gasteiger charge is 2.07. The van der Waals surface area contributed by atoms with Crippen LogP contribution in [0.3, 0.4) is 0 Å². The molecule has 1 N–H and O–H groups in total. The van der Waals surface area contributed by atoms with E-state index in [-0.39, 0.29) is 0 Å². The molecule has 0 bridgehead atoms. The molecule has 0 aromatic rings. The Labute approximate surface area is 130 Å². The minimum atomic E-state index is -0.975. The SMILES string of the molecule is [B]C([B])([B])CCCCCCCCCCCCCCCO. The fourth-order valence-electron chi connectivity index (χ4n) is 2.49. The van der Waals surface area contributed by atoms with E-state index >= 15 is 0 Å². The maximum Gasteiger partial charge on any atom is 0.0507 e. The molecule has 0 aliphatic rings. The average molecular weight is 272 g/mol. The van der Waals surface area contributed by atoms with Crippen molar-refractivity contribution in [3.05, 3.63) is 0 Å². The van der Waals surface area contributed by atoms with E-state index < -0.39 is 5.11 Å². The molecule has 110 valence electrons. The second-order valence-electron chi connectivity index (χ2n) is 6.18. The van der Waals surface area contributed by atoms with Crippen molar-refractivity contribution in [3.63, 3.8) is 0 Å². The summed E-state index contributed by atoms with van der Waals surface area (Å²) in [6.07, 6.45) is 17.1. The summed E-state index contributed by atoms with van der Waals surface area (Å²) in [6, 6.07) is 0. The van der Waals surface area contributed by atoms with Crippen molar-refractivity contribution in [2.75, 3.05) is 6.61 Å². The van der Waals surface area contributed by atoms with Crippen LogP contribution in [0.4, 0.5) is 0 Å². The lowest BCUT2D eigenvalue weighted by molar-refractivity contribution is 0.282. The molecule has 0 rings (SSSR count). The summed E-state index contributed by atoms with van der Waals surface area (Å²) in [7, 11) is 16.6. The Bertz CT molecular complexity index is 193. The standard InChI is InChI=1S/C16H31B3O/c17-16(18,19)14-12-10-8-6-4-2-1-3-5-7-9-11-13-15-20/h20H,1-15H2. The predicted octanol–water partition coefficient (Wildman–Crippen LogP) is 4.02. The number of rotatable bonds is 15. The van der Waals surface area contributed by atoms with Crippen LogP contribution in [0.15, 0.2) is 0 Å². The van der Waals surface area contributed by atoms with Gasteiger partial charge in [-0.3, -0.25) is 0 Å². The van der Waals surface area contributed by atoms with Crippen LogP contribution in [-0.2, 0) is 0 Å². The minimum Gasteiger partial charge on any atom is -0.396 e. The number of hydrogen-bond acceptors (Lipinski definition) is 1. The van der Waals surface area contributed by atoms with Crippen LogP contribution in [0.1, 0.15) is 89.9 Å². The molecule has 0 saturated carbocycles. The van der Waals surface area contributed by atoms with Gasteiger partial charge < -0.3 is 5.11 Å². The molecule has 0 spiro atoms. The van der Waals surface area contributed by atoms with Gasteiger partial charge in [-0.2, -0.15) is 0 Å². The second kappa shape index (κ2) is 14.1. The van der Waals surface area contributed by atoms with Crippen LogP contribution < -0.4 is 0 Å². The number of unbranched alkanes of at least 4 members (excludes halogenated alkanes) is 12. The second-order valence-corrected chi connectivity index (χ2v) is 6.18. The highest BCUT2D eigenvalue weighted by atomic mass is 16.2. The van der Waals surface area contributed by atoms with E-state index in [0.717, 1.165) is 12.8 Å². The molecule has 0 amide bonds. The molecule has 0 heterocycles. The minimum absolute atomic E-state index is 0.350. The van der Waals surface area contributed by atoms with Gasteiger partial charge in [0.05, 0.1) is 23.5 Å². The number of aliphatic hydroxyl groups is 1. The lowest BCUT2D eigenvalue weighted by atomic mass is 9.41. The monoisotopic (exact) mass is 272 g/mol.